The van der Waals surface area contributed by atoms with Gasteiger partial charge in [-0.25, -0.2) is 0 Å². The van der Waals surface area contributed by atoms with Gasteiger partial charge in [-0.2, -0.15) is 0 Å². The van der Waals surface area contributed by atoms with Crippen LogP contribution < -0.4 is 0 Å². The molecule has 2 unspecified atom stereocenters. The van der Waals surface area contributed by atoms with E-state index in [4.69, 9.17) is 0 Å². The van der Waals surface area contributed by atoms with Crippen molar-refractivity contribution in [1.82, 2.24) is 0 Å². The molecule has 1 rings (SSSR count). The first kappa shape index (κ1) is 10.1. The first-order valence-corrected chi connectivity index (χ1v) is 5.62. The molecule has 2 atom stereocenters. The van der Waals surface area contributed by atoms with E-state index in [9.17, 15) is 0 Å². The van der Waals surface area contributed by atoms with Gasteiger partial charge >= 0.3 is 0 Å². The zero-order valence-corrected chi connectivity index (χ0v) is 9.19. The highest BCUT2D eigenvalue weighted by Crippen LogP contribution is 2.50. The van der Waals surface area contributed by atoms with Gasteiger partial charge in [-0.15, -0.1) is 0 Å². The molecule has 1 aliphatic carbocycles. The Morgan fingerprint density at radius 2 is 1.67 bits per heavy atom. The minimum atomic E-state index is 0.630. The summed E-state index contributed by atoms with van der Waals surface area (Å²) in [6.07, 6.45) is 7.16. The van der Waals surface area contributed by atoms with Crippen LogP contribution in [0, 0.1) is 17.3 Å². The first-order valence-electron chi connectivity index (χ1n) is 5.62. The van der Waals surface area contributed by atoms with Crippen molar-refractivity contribution >= 4 is 0 Å². The molecular weight excluding hydrogens is 144 g/mol. The molecule has 12 heavy (non-hydrogen) atoms. The summed E-state index contributed by atoms with van der Waals surface area (Å²) in [5, 5.41) is 0. The second-order valence-electron chi connectivity index (χ2n) is 4.99. The first-order chi connectivity index (χ1) is 5.62. The Labute approximate surface area is 77.7 Å². The molecule has 0 aromatic carbocycles. The van der Waals surface area contributed by atoms with E-state index in [1.807, 2.05) is 0 Å². The molecule has 0 saturated heterocycles. The molecule has 0 aromatic heterocycles. The van der Waals surface area contributed by atoms with Crippen LogP contribution in [0.15, 0.2) is 0 Å². The van der Waals surface area contributed by atoms with E-state index in [0.717, 1.165) is 11.8 Å². The van der Waals surface area contributed by atoms with E-state index < -0.39 is 0 Å². The molecule has 1 fully saturated rings. The molecule has 0 nitrogen and oxygen atoms in total. The highest BCUT2D eigenvalue weighted by molar-refractivity contribution is 4.90. The quantitative estimate of drug-likeness (QED) is 0.591. The molecule has 0 amide bonds. The van der Waals surface area contributed by atoms with Gasteiger partial charge in [0.05, 0.1) is 0 Å². The monoisotopic (exact) mass is 168 g/mol. The summed E-state index contributed by atoms with van der Waals surface area (Å²) in [6, 6.07) is 0. The normalized spacial score (nSPS) is 34.0. The second-order valence-corrected chi connectivity index (χ2v) is 4.99. The van der Waals surface area contributed by atoms with Gasteiger partial charge in [-0.1, -0.05) is 47.0 Å². The van der Waals surface area contributed by atoms with E-state index in [1.165, 1.54) is 32.1 Å². The molecular formula is C12H24. The largest absolute Gasteiger partial charge is 0.0654 e. The van der Waals surface area contributed by atoms with Gasteiger partial charge in [-0.05, 0) is 30.1 Å². The summed E-state index contributed by atoms with van der Waals surface area (Å²) in [4.78, 5) is 0. The predicted molar refractivity (Wildman–Crippen MR) is 55.2 cm³/mol. The van der Waals surface area contributed by atoms with Gasteiger partial charge in [0.25, 0.3) is 0 Å². The van der Waals surface area contributed by atoms with Gasteiger partial charge in [0.15, 0.2) is 0 Å². The maximum Gasteiger partial charge on any atom is -0.0298 e. The Hall–Kier alpha value is 0. The van der Waals surface area contributed by atoms with E-state index in [1.54, 1.807) is 0 Å². The van der Waals surface area contributed by atoms with Gasteiger partial charge in [0.1, 0.15) is 0 Å². The van der Waals surface area contributed by atoms with Crippen LogP contribution in [0.4, 0.5) is 0 Å². The van der Waals surface area contributed by atoms with Crippen LogP contribution in [0.5, 0.6) is 0 Å². The molecule has 0 N–H and O–H groups in total. The third kappa shape index (κ3) is 1.67. The highest BCUT2D eigenvalue weighted by Gasteiger charge is 2.40. The van der Waals surface area contributed by atoms with Crippen LogP contribution in [0.1, 0.15) is 59.8 Å². The fourth-order valence-corrected chi connectivity index (χ4v) is 3.07. The van der Waals surface area contributed by atoms with Crippen molar-refractivity contribution in [2.24, 2.45) is 17.3 Å². The van der Waals surface area contributed by atoms with E-state index >= 15 is 0 Å². The van der Waals surface area contributed by atoms with Crippen LogP contribution >= 0.6 is 0 Å². The minimum Gasteiger partial charge on any atom is -0.0654 e. The summed E-state index contributed by atoms with van der Waals surface area (Å²) < 4.78 is 0. The third-order valence-corrected chi connectivity index (χ3v) is 4.10. The summed E-state index contributed by atoms with van der Waals surface area (Å²) >= 11 is 0. The van der Waals surface area contributed by atoms with Crippen LogP contribution in [-0.2, 0) is 0 Å². The average Bonchev–Trinajstić information content (AvgIpc) is 2.28. The van der Waals surface area contributed by atoms with E-state index in [0.29, 0.717) is 5.41 Å². The van der Waals surface area contributed by atoms with Crippen LogP contribution in [0.25, 0.3) is 0 Å². The topological polar surface area (TPSA) is 0 Å². The van der Waals surface area contributed by atoms with Gasteiger partial charge < -0.3 is 0 Å². The van der Waals surface area contributed by atoms with Crippen molar-refractivity contribution in [2.75, 3.05) is 0 Å². The van der Waals surface area contributed by atoms with Crippen molar-refractivity contribution in [3.63, 3.8) is 0 Å². The maximum atomic E-state index is 2.48. The number of hydrogen-bond donors (Lipinski definition) is 0. The lowest BCUT2D eigenvalue weighted by Gasteiger charge is -2.32. The van der Waals surface area contributed by atoms with Crippen LogP contribution in [0.2, 0.25) is 0 Å². The molecule has 72 valence electrons. The Morgan fingerprint density at radius 3 is 2.08 bits per heavy atom. The zero-order chi connectivity index (χ0) is 9.19. The Morgan fingerprint density at radius 1 is 1.08 bits per heavy atom. The lowest BCUT2D eigenvalue weighted by molar-refractivity contribution is 0.172. The van der Waals surface area contributed by atoms with Gasteiger partial charge in [-0.3, -0.25) is 0 Å². The fraction of sp³-hybridized carbons (Fsp3) is 1.00. The Kier molecular flexibility index (Phi) is 3.20. The van der Waals surface area contributed by atoms with Crippen LogP contribution in [-0.4, -0.2) is 0 Å². The average molecular weight is 168 g/mol. The van der Waals surface area contributed by atoms with Gasteiger partial charge in [0, 0.05) is 0 Å². The van der Waals surface area contributed by atoms with Crippen molar-refractivity contribution in [2.45, 2.75) is 59.8 Å². The second kappa shape index (κ2) is 3.81. The van der Waals surface area contributed by atoms with Crippen molar-refractivity contribution in [3.8, 4) is 0 Å². The standard InChI is InChI=1S/C12H24/c1-5-7-11-9-8-10(6-2)12(11,3)4/h10-11H,5-9H2,1-4H3. The zero-order valence-electron chi connectivity index (χ0n) is 9.19. The van der Waals surface area contributed by atoms with Gasteiger partial charge in [0.2, 0.25) is 0 Å². The summed E-state index contributed by atoms with van der Waals surface area (Å²) in [5.41, 5.74) is 0.630. The number of rotatable bonds is 3. The molecule has 0 aliphatic heterocycles. The predicted octanol–water partition coefficient (Wildman–Crippen LogP) is 4.25. The Balaban J connectivity index is 2.57. The van der Waals surface area contributed by atoms with Crippen molar-refractivity contribution < 1.29 is 0 Å². The minimum absolute atomic E-state index is 0.630. The molecule has 0 spiro atoms. The van der Waals surface area contributed by atoms with E-state index in [2.05, 4.69) is 27.7 Å². The van der Waals surface area contributed by atoms with Crippen molar-refractivity contribution in [1.29, 1.82) is 0 Å². The lowest BCUT2D eigenvalue weighted by Crippen LogP contribution is -2.24. The van der Waals surface area contributed by atoms with Crippen LogP contribution in [0.3, 0.4) is 0 Å². The van der Waals surface area contributed by atoms with Crippen molar-refractivity contribution in [3.05, 3.63) is 0 Å². The lowest BCUT2D eigenvalue weighted by atomic mass is 9.73. The molecule has 0 radical (unpaired) electrons. The smallest absolute Gasteiger partial charge is 0.0298 e. The number of hydrogen-bond acceptors (Lipinski definition) is 0. The fourth-order valence-electron chi connectivity index (χ4n) is 3.07. The van der Waals surface area contributed by atoms with E-state index in [-0.39, 0.29) is 0 Å². The Bertz CT molecular complexity index is 135. The summed E-state index contributed by atoms with van der Waals surface area (Å²) in [6.45, 7) is 9.62. The molecule has 0 bridgehead atoms. The molecule has 0 heteroatoms. The third-order valence-electron chi connectivity index (χ3n) is 4.10. The maximum absolute atomic E-state index is 2.48. The summed E-state index contributed by atoms with van der Waals surface area (Å²) in [7, 11) is 0. The SMILES string of the molecule is CCCC1CCC(CC)C1(C)C. The molecule has 0 heterocycles. The molecule has 1 saturated carbocycles. The molecule has 1 aliphatic rings. The molecule has 0 aromatic rings. The highest BCUT2D eigenvalue weighted by atomic mass is 14.5. The summed E-state index contributed by atoms with van der Waals surface area (Å²) in [5.74, 6) is 2.00.